The van der Waals surface area contributed by atoms with E-state index in [2.05, 4.69) is 74.2 Å². The van der Waals surface area contributed by atoms with Crippen molar-refractivity contribution in [2.45, 2.75) is 52.6 Å². The van der Waals surface area contributed by atoms with Gasteiger partial charge in [0.2, 0.25) is 0 Å². The molecular weight excluding hydrogens is 334 g/mol. The van der Waals surface area contributed by atoms with Crippen molar-refractivity contribution >= 4 is 10.9 Å². The van der Waals surface area contributed by atoms with Crippen LogP contribution in [0, 0.1) is 5.92 Å². The summed E-state index contributed by atoms with van der Waals surface area (Å²) in [5.41, 5.74) is 3.49. The summed E-state index contributed by atoms with van der Waals surface area (Å²) in [4.78, 5) is 19.8. The van der Waals surface area contributed by atoms with Crippen molar-refractivity contribution in [3.63, 3.8) is 0 Å². The van der Waals surface area contributed by atoms with Gasteiger partial charge in [0.15, 0.2) is 5.82 Å². The molecule has 0 bridgehead atoms. The Hall–Kier alpha value is -2.46. The molecule has 0 fully saturated rings. The van der Waals surface area contributed by atoms with Crippen LogP contribution in [-0.2, 0) is 12.0 Å². The van der Waals surface area contributed by atoms with Gasteiger partial charge in [-0.25, -0.2) is 4.98 Å². The minimum Gasteiger partial charge on any atom is -0.334 e. The van der Waals surface area contributed by atoms with Crippen molar-refractivity contribution in [3.05, 3.63) is 75.8 Å². The Morgan fingerprint density at radius 1 is 1.04 bits per heavy atom. The topological polar surface area (TPSA) is 62.4 Å². The first kappa shape index (κ1) is 19.3. The zero-order chi connectivity index (χ0) is 19.6. The summed E-state index contributed by atoms with van der Waals surface area (Å²) in [6.07, 6.45) is 0. The van der Waals surface area contributed by atoms with Gasteiger partial charge in [-0.05, 0) is 23.1 Å². The van der Waals surface area contributed by atoms with Crippen LogP contribution in [0.4, 0.5) is 0 Å². The van der Waals surface area contributed by atoms with Crippen LogP contribution >= 0.6 is 0 Å². The number of H-pyrrole nitrogens is 1. The molecule has 0 unspecified atom stereocenters. The zero-order valence-electron chi connectivity index (χ0n) is 16.9. The van der Waals surface area contributed by atoms with Gasteiger partial charge in [-0.2, -0.15) is 0 Å². The van der Waals surface area contributed by atoms with Gasteiger partial charge in [0, 0.05) is 11.5 Å². The fourth-order valence-electron chi connectivity index (χ4n) is 3.47. The number of aromatic amines is 1. The second-order valence-electron chi connectivity index (χ2n) is 8.61. The number of para-hydroxylation sites is 1. The van der Waals surface area contributed by atoms with Crippen molar-refractivity contribution in [1.29, 1.82) is 0 Å². The summed E-state index contributed by atoms with van der Waals surface area (Å²) in [6, 6.07) is 16.7. The largest absolute Gasteiger partial charge is 0.334 e. The van der Waals surface area contributed by atoms with Crippen molar-refractivity contribution in [3.8, 4) is 0 Å². The fraction of sp³-hybridized carbons (Fsp3) is 0.391. The third-order valence-electron chi connectivity index (χ3n) is 5.11. The molecule has 0 spiro atoms. The summed E-state index contributed by atoms with van der Waals surface area (Å²) in [7, 11) is 0. The highest BCUT2D eigenvalue weighted by Crippen LogP contribution is 2.25. The number of rotatable bonds is 5. The van der Waals surface area contributed by atoms with Gasteiger partial charge in [-0.1, -0.05) is 71.0 Å². The summed E-state index contributed by atoms with van der Waals surface area (Å²) in [5.74, 6) is 1.19. The normalized spacial score (nSPS) is 13.3. The highest BCUT2D eigenvalue weighted by atomic mass is 16.1. The summed E-state index contributed by atoms with van der Waals surface area (Å²) >= 11 is 0. The maximum absolute atomic E-state index is 12.3. The number of benzene rings is 2. The maximum Gasteiger partial charge on any atom is 0.258 e. The van der Waals surface area contributed by atoms with Gasteiger partial charge in [0.1, 0.15) is 12.6 Å². The molecule has 4 nitrogen and oxygen atoms in total. The summed E-state index contributed by atoms with van der Waals surface area (Å²) in [6.45, 7) is 11.8. The number of hydrogen-bond acceptors (Lipinski definition) is 2. The first-order valence-electron chi connectivity index (χ1n) is 9.67. The van der Waals surface area contributed by atoms with Crippen molar-refractivity contribution in [2.24, 2.45) is 5.92 Å². The van der Waals surface area contributed by atoms with E-state index in [4.69, 9.17) is 0 Å². The number of nitrogens with two attached hydrogens (primary N) is 1. The Balaban J connectivity index is 1.80. The van der Waals surface area contributed by atoms with E-state index in [-0.39, 0.29) is 11.0 Å². The van der Waals surface area contributed by atoms with E-state index in [1.165, 1.54) is 11.1 Å². The smallest absolute Gasteiger partial charge is 0.258 e. The predicted octanol–water partition coefficient (Wildman–Crippen LogP) is 3.68. The third-order valence-corrected chi connectivity index (χ3v) is 5.11. The average Bonchev–Trinajstić information content (AvgIpc) is 2.61. The van der Waals surface area contributed by atoms with Crippen LogP contribution in [-0.4, -0.2) is 9.97 Å². The molecule has 2 aromatic carbocycles. The van der Waals surface area contributed by atoms with Crippen molar-refractivity contribution in [2.75, 3.05) is 0 Å². The lowest BCUT2D eigenvalue weighted by Crippen LogP contribution is -2.85. The molecule has 0 saturated heterocycles. The van der Waals surface area contributed by atoms with E-state index in [9.17, 15) is 4.79 Å². The van der Waals surface area contributed by atoms with Crippen LogP contribution < -0.4 is 10.9 Å². The monoisotopic (exact) mass is 364 g/mol. The molecule has 1 atom stereocenters. The molecule has 3 aromatic rings. The summed E-state index contributed by atoms with van der Waals surface area (Å²) in [5, 5.41) is 2.91. The van der Waals surface area contributed by atoms with Crippen LogP contribution in [0.15, 0.2) is 53.3 Å². The Labute approximate surface area is 161 Å². The molecule has 27 heavy (non-hydrogen) atoms. The molecule has 0 amide bonds. The van der Waals surface area contributed by atoms with Crippen LogP contribution in [0.1, 0.15) is 57.6 Å². The van der Waals surface area contributed by atoms with Gasteiger partial charge in [-0.3, -0.25) is 4.79 Å². The Kier molecular flexibility index (Phi) is 5.47. The van der Waals surface area contributed by atoms with E-state index in [1.807, 2.05) is 24.3 Å². The van der Waals surface area contributed by atoms with Crippen molar-refractivity contribution in [1.82, 2.24) is 9.97 Å². The summed E-state index contributed by atoms with van der Waals surface area (Å²) < 4.78 is 0. The van der Waals surface area contributed by atoms with E-state index in [0.29, 0.717) is 23.9 Å². The predicted molar refractivity (Wildman–Crippen MR) is 111 cm³/mol. The highest BCUT2D eigenvalue weighted by molar-refractivity contribution is 5.77. The molecular formula is C23H30N3O+. The minimum atomic E-state index is -0.0698. The molecule has 0 aliphatic heterocycles. The second-order valence-corrected chi connectivity index (χ2v) is 8.61. The number of fused-ring (bicyclic) bond motifs is 1. The first-order valence-corrected chi connectivity index (χ1v) is 9.67. The van der Waals surface area contributed by atoms with E-state index in [0.717, 1.165) is 11.3 Å². The van der Waals surface area contributed by atoms with Gasteiger partial charge >= 0.3 is 0 Å². The van der Waals surface area contributed by atoms with Crippen LogP contribution in [0.5, 0.6) is 0 Å². The molecule has 0 aliphatic rings. The van der Waals surface area contributed by atoms with E-state index < -0.39 is 0 Å². The number of aromatic nitrogens is 2. The second kappa shape index (κ2) is 7.65. The standard InChI is InChI=1S/C23H29N3O/c1-15(2)21(16-10-12-17(13-11-16)23(3,4)5)24-14-20-25-19-9-7-6-8-18(19)22(27)26-20/h6-13,15,21,24H,14H2,1-5H3,(H,25,26,27)/p+1/t21-/m1/s1. The molecule has 1 heterocycles. The average molecular weight is 365 g/mol. The van der Waals surface area contributed by atoms with Gasteiger partial charge in [0.05, 0.1) is 10.9 Å². The third kappa shape index (κ3) is 4.45. The Morgan fingerprint density at radius 2 is 1.70 bits per heavy atom. The van der Waals surface area contributed by atoms with Crippen LogP contribution in [0.25, 0.3) is 10.9 Å². The lowest BCUT2D eigenvalue weighted by molar-refractivity contribution is -0.718. The van der Waals surface area contributed by atoms with E-state index in [1.54, 1.807) is 0 Å². The van der Waals surface area contributed by atoms with Crippen LogP contribution in [0.2, 0.25) is 0 Å². The van der Waals surface area contributed by atoms with Gasteiger partial charge in [0.25, 0.3) is 5.56 Å². The molecule has 0 aliphatic carbocycles. The first-order chi connectivity index (χ1) is 12.8. The minimum absolute atomic E-state index is 0.0698. The van der Waals surface area contributed by atoms with Gasteiger partial charge in [-0.15, -0.1) is 0 Å². The maximum atomic E-state index is 12.3. The van der Waals surface area contributed by atoms with Crippen LogP contribution in [0.3, 0.4) is 0 Å². The van der Waals surface area contributed by atoms with Gasteiger partial charge < -0.3 is 10.3 Å². The molecule has 4 heteroatoms. The lowest BCUT2D eigenvalue weighted by Gasteiger charge is -2.22. The molecule has 0 radical (unpaired) electrons. The quantitative estimate of drug-likeness (QED) is 0.725. The Bertz CT molecular complexity index is 965. The van der Waals surface area contributed by atoms with E-state index >= 15 is 0 Å². The zero-order valence-corrected chi connectivity index (χ0v) is 16.9. The highest BCUT2D eigenvalue weighted by Gasteiger charge is 2.21. The fourth-order valence-corrected chi connectivity index (χ4v) is 3.47. The number of hydrogen-bond donors (Lipinski definition) is 2. The lowest BCUT2D eigenvalue weighted by atomic mass is 9.85. The molecule has 1 aromatic heterocycles. The molecule has 142 valence electrons. The van der Waals surface area contributed by atoms with Crippen molar-refractivity contribution < 1.29 is 5.32 Å². The number of nitrogens with zero attached hydrogens (tertiary/aromatic N) is 1. The number of nitrogens with one attached hydrogen (secondary N) is 1. The molecule has 0 saturated carbocycles. The SMILES string of the molecule is CC(C)[C@@H]([NH2+]Cc1nc2ccccc2c(=O)[nH]1)c1ccc(C(C)(C)C)cc1. The Morgan fingerprint density at radius 3 is 2.33 bits per heavy atom. The number of quaternary nitrogens is 1. The molecule has 3 rings (SSSR count). The molecule has 3 N–H and O–H groups in total.